The molecule has 0 aliphatic heterocycles. The summed E-state index contributed by atoms with van der Waals surface area (Å²) < 4.78 is 13.0. The third-order valence-corrected chi connectivity index (χ3v) is 2.19. The van der Waals surface area contributed by atoms with Crippen molar-refractivity contribution in [2.45, 2.75) is 0 Å². The van der Waals surface area contributed by atoms with Crippen molar-refractivity contribution in [1.29, 1.82) is 0 Å². The van der Waals surface area contributed by atoms with Gasteiger partial charge in [-0.25, -0.2) is 4.39 Å². The van der Waals surface area contributed by atoms with E-state index < -0.39 is 24.2 Å². The molecule has 0 atom stereocenters. The van der Waals surface area contributed by atoms with Gasteiger partial charge in [0.05, 0.1) is 4.47 Å². The number of carboxylic acid groups (broad SMARTS) is 1. The highest BCUT2D eigenvalue weighted by molar-refractivity contribution is 9.10. The van der Waals surface area contributed by atoms with Gasteiger partial charge in [0, 0.05) is 5.56 Å². The Hall–Kier alpha value is -1.43. The van der Waals surface area contributed by atoms with Crippen LogP contribution < -0.4 is 5.32 Å². The second kappa shape index (κ2) is 4.88. The molecular formula is C9H7BrFNO3. The lowest BCUT2D eigenvalue weighted by Crippen LogP contribution is -2.29. The molecular weight excluding hydrogens is 269 g/mol. The van der Waals surface area contributed by atoms with E-state index in [2.05, 4.69) is 21.2 Å². The molecule has 80 valence electrons. The van der Waals surface area contributed by atoms with Crippen molar-refractivity contribution in [2.24, 2.45) is 0 Å². The highest BCUT2D eigenvalue weighted by Crippen LogP contribution is 2.16. The van der Waals surface area contributed by atoms with Crippen LogP contribution in [0.1, 0.15) is 10.4 Å². The summed E-state index contributed by atoms with van der Waals surface area (Å²) in [6.45, 7) is -0.464. The van der Waals surface area contributed by atoms with Crippen LogP contribution in [0, 0.1) is 5.82 Å². The predicted molar refractivity (Wildman–Crippen MR) is 54.1 cm³/mol. The fraction of sp³-hybridized carbons (Fsp3) is 0.111. The average molecular weight is 276 g/mol. The maximum atomic E-state index is 12.8. The number of amides is 1. The monoisotopic (exact) mass is 275 g/mol. The summed E-state index contributed by atoms with van der Waals surface area (Å²) in [4.78, 5) is 21.5. The molecule has 1 rings (SSSR count). The van der Waals surface area contributed by atoms with Crippen LogP contribution in [0.25, 0.3) is 0 Å². The van der Waals surface area contributed by atoms with E-state index in [1.807, 2.05) is 0 Å². The summed E-state index contributed by atoms with van der Waals surface area (Å²) in [6, 6.07) is 3.68. The third kappa shape index (κ3) is 3.32. The van der Waals surface area contributed by atoms with Gasteiger partial charge in [-0.15, -0.1) is 0 Å². The number of hydrogen-bond acceptors (Lipinski definition) is 2. The lowest BCUT2D eigenvalue weighted by molar-refractivity contribution is -0.135. The number of nitrogens with one attached hydrogen (secondary N) is 1. The largest absolute Gasteiger partial charge is 0.480 e. The van der Waals surface area contributed by atoms with E-state index in [0.29, 0.717) is 0 Å². The molecule has 15 heavy (non-hydrogen) atoms. The zero-order valence-corrected chi connectivity index (χ0v) is 9.04. The Bertz CT molecular complexity index is 408. The highest BCUT2D eigenvalue weighted by Gasteiger charge is 2.09. The van der Waals surface area contributed by atoms with Crippen LogP contribution in [0.3, 0.4) is 0 Å². The Morgan fingerprint density at radius 3 is 2.67 bits per heavy atom. The number of carboxylic acids is 1. The third-order valence-electron chi connectivity index (χ3n) is 1.58. The van der Waals surface area contributed by atoms with E-state index >= 15 is 0 Å². The molecule has 6 heteroatoms. The smallest absolute Gasteiger partial charge is 0.322 e. The second-order valence-corrected chi connectivity index (χ2v) is 3.56. The number of aliphatic carboxylic acids is 1. The van der Waals surface area contributed by atoms with Gasteiger partial charge in [0.25, 0.3) is 5.91 Å². The van der Waals surface area contributed by atoms with Crippen LogP contribution in [0.4, 0.5) is 4.39 Å². The Morgan fingerprint density at radius 2 is 2.13 bits per heavy atom. The first-order chi connectivity index (χ1) is 7.00. The van der Waals surface area contributed by atoms with Crippen molar-refractivity contribution >= 4 is 27.8 Å². The molecule has 0 aromatic heterocycles. The molecule has 0 heterocycles. The topological polar surface area (TPSA) is 66.4 Å². The van der Waals surface area contributed by atoms with Gasteiger partial charge in [-0.05, 0) is 34.1 Å². The quantitative estimate of drug-likeness (QED) is 0.877. The molecule has 1 amide bonds. The van der Waals surface area contributed by atoms with E-state index in [1.165, 1.54) is 12.1 Å². The molecule has 0 saturated heterocycles. The lowest BCUT2D eigenvalue weighted by atomic mass is 10.2. The fourth-order valence-electron chi connectivity index (χ4n) is 0.895. The standard InChI is InChI=1S/C9H7BrFNO3/c10-6-3-5(1-2-7(6)11)9(15)12-4-8(13)14/h1-3H,4H2,(H,12,15)(H,13,14). The molecule has 0 fully saturated rings. The normalized spacial score (nSPS) is 9.73. The second-order valence-electron chi connectivity index (χ2n) is 2.71. The molecule has 2 N–H and O–H groups in total. The van der Waals surface area contributed by atoms with Crippen molar-refractivity contribution in [3.8, 4) is 0 Å². The number of carbonyl (C=O) groups is 2. The van der Waals surface area contributed by atoms with Crippen LogP contribution in [0.2, 0.25) is 0 Å². The van der Waals surface area contributed by atoms with Gasteiger partial charge in [-0.2, -0.15) is 0 Å². The maximum Gasteiger partial charge on any atom is 0.322 e. The van der Waals surface area contributed by atoms with Crippen molar-refractivity contribution in [2.75, 3.05) is 6.54 Å². The molecule has 0 aliphatic carbocycles. The van der Waals surface area contributed by atoms with Crippen LogP contribution >= 0.6 is 15.9 Å². The molecule has 0 unspecified atom stereocenters. The summed E-state index contributed by atoms with van der Waals surface area (Å²) in [5.41, 5.74) is 0.199. The first-order valence-corrected chi connectivity index (χ1v) is 4.75. The first-order valence-electron chi connectivity index (χ1n) is 3.95. The van der Waals surface area contributed by atoms with Gasteiger partial charge in [0.2, 0.25) is 0 Å². The highest BCUT2D eigenvalue weighted by atomic mass is 79.9. The van der Waals surface area contributed by atoms with E-state index in [0.717, 1.165) is 6.07 Å². The number of rotatable bonds is 3. The molecule has 0 bridgehead atoms. The molecule has 0 aliphatic rings. The van der Waals surface area contributed by atoms with Gasteiger partial charge >= 0.3 is 5.97 Å². The molecule has 0 saturated carbocycles. The van der Waals surface area contributed by atoms with Gasteiger partial charge in [0.15, 0.2) is 0 Å². The number of benzene rings is 1. The summed E-state index contributed by atoms with van der Waals surface area (Å²) in [5.74, 6) is -2.17. The van der Waals surface area contributed by atoms with Gasteiger partial charge in [-0.1, -0.05) is 0 Å². The zero-order chi connectivity index (χ0) is 11.4. The van der Waals surface area contributed by atoms with Gasteiger partial charge in [0.1, 0.15) is 12.4 Å². The average Bonchev–Trinajstić information content (AvgIpc) is 2.18. The number of carbonyl (C=O) groups excluding carboxylic acids is 1. The molecule has 1 aromatic rings. The predicted octanol–water partition coefficient (Wildman–Crippen LogP) is 1.40. The summed E-state index contributed by atoms with van der Waals surface area (Å²) in [7, 11) is 0. The Balaban J connectivity index is 2.74. The Labute approximate surface area is 93.2 Å². The molecule has 0 radical (unpaired) electrons. The summed E-state index contributed by atoms with van der Waals surface area (Å²) >= 11 is 2.92. The van der Waals surface area contributed by atoms with Crippen LogP contribution in [0.15, 0.2) is 22.7 Å². The van der Waals surface area contributed by atoms with Crippen molar-refractivity contribution in [3.05, 3.63) is 34.1 Å². The Kier molecular flexibility index (Phi) is 3.79. The molecule has 0 spiro atoms. The van der Waals surface area contributed by atoms with Crippen molar-refractivity contribution < 1.29 is 19.1 Å². The van der Waals surface area contributed by atoms with Gasteiger partial charge < -0.3 is 10.4 Å². The minimum absolute atomic E-state index is 0.158. The van der Waals surface area contributed by atoms with E-state index in [-0.39, 0.29) is 10.0 Å². The zero-order valence-electron chi connectivity index (χ0n) is 7.46. The molecule has 4 nitrogen and oxygen atoms in total. The lowest BCUT2D eigenvalue weighted by Gasteiger charge is -2.02. The van der Waals surface area contributed by atoms with Crippen LogP contribution in [-0.2, 0) is 4.79 Å². The van der Waals surface area contributed by atoms with Crippen molar-refractivity contribution in [3.63, 3.8) is 0 Å². The first kappa shape index (κ1) is 11.6. The van der Waals surface area contributed by atoms with Crippen LogP contribution in [0.5, 0.6) is 0 Å². The van der Waals surface area contributed by atoms with Crippen molar-refractivity contribution in [1.82, 2.24) is 5.32 Å². The summed E-state index contributed by atoms with van der Waals surface area (Å²) in [6.07, 6.45) is 0. The van der Waals surface area contributed by atoms with E-state index in [4.69, 9.17) is 5.11 Å². The van der Waals surface area contributed by atoms with E-state index in [9.17, 15) is 14.0 Å². The van der Waals surface area contributed by atoms with Gasteiger partial charge in [-0.3, -0.25) is 9.59 Å². The minimum Gasteiger partial charge on any atom is -0.480 e. The SMILES string of the molecule is O=C(O)CNC(=O)c1ccc(F)c(Br)c1. The Morgan fingerprint density at radius 1 is 1.47 bits per heavy atom. The number of hydrogen-bond donors (Lipinski definition) is 2. The van der Waals surface area contributed by atoms with E-state index in [1.54, 1.807) is 0 Å². The maximum absolute atomic E-state index is 12.8. The van der Waals surface area contributed by atoms with Crippen LogP contribution in [-0.4, -0.2) is 23.5 Å². The summed E-state index contributed by atoms with van der Waals surface area (Å²) in [5, 5.41) is 10.5. The fourth-order valence-corrected chi connectivity index (χ4v) is 1.27. The minimum atomic E-state index is -1.13. The molecule has 1 aromatic carbocycles. The number of halogens is 2.